The molecule has 1 aromatic carbocycles. The molecule has 6 heteroatoms. The zero-order valence-corrected chi connectivity index (χ0v) is 13.5. The summed E-state index contributed by atoms with van der Waals surface area (Å²) in [4.78, 5) is 37.8. The molecule has 5 nitrogen and oxygen atoms in total. The highest BCUT2D eigenvalue weighted by Gasteiger charge is 2.73. The number of nitrogens with one attached hydrogen (secondary N) is 1. The highest BCUT2D eigenvalue weighted by atomic mass is 35.5. The van der Waals surface area contributed by atoms with Crippen LogP contribution in [-0.2, 0) is 9.59 Å². The zero-order valence-electron chi connectivity index (χ0n) is 12.7. The predicted molar refractivity (Wildman–Crippen MR) is 85.5 cm³/mol. The van der Waals surface area contributed by atoms with Crippen molar-refractivity contribution in [1.29, 1.82) is 0 Å². The summed E-state index contributed by atoms with van der Waals surface area (Å²) >= 11 is 5.81. The second-order valence-corrected chi connectivity index (χ2v) is 7.62. The molecule has 1 spiro atoms. The maximum absolute atomic E-state index is 12.8. The van der Waals surface area contributed by atoms with Crippen LogP contribution in [0, 0.1) is 29.1 Å². The van der Waals surface area contributed by atoms with E-state index in [0.29, 0.717) is 10.6 Å². The lowest BCUT2D eigenvalue weighted by atomic mass is 9.85. The minimum absolute atomic E-state index is 0.154. The standard InChI is InChI=1S/C18H15ClN2O3/c19-10-3-1-9(2-4-10)15(22)20-21-16(23)13-11-5-6-12(14(13)17(21)24)18(11)7-8-18/h1-6,11-14H,7-8H2,(H,20,22)/t11-,12-,13-,14-/m0/s1. The van der Waals surface area contributed by atoms with Crippen molar-refractivity contribution < 1.29 is 14.4 Å². The molecule has 24 heavy (non-hydrogen) atoms. The number of benzene rings is 1. The fraction of sp³-hybridized carbons (Fsp3) is 0.389. The van der Waals surface area contributed by atoms with Gasteiger partial charge in [-0.15, -0.1) is 0 Å². The van der Waals surface area contributed by atoms with Crippen LogP contribution in [0.4, 0.5) is 0 Å². The number of amides is 3. The summed E-state index contributed by atoms with van der Waals surface area (Å²) in [6, 6.07) is 6.32. The first-order chi connectivity index (χ1) is 11.5. The van der Waals surface area contributed by atoms with Crippen LogP contribution in [0.15, 0.2) is 36.4 Å². The smallest absolute Gasteiger partial charge is 0.270 e. The molecule has 4 atom stereocenters. The van der Waals surface area contributed by atoms with Crippen molar-refractivity contribution in [3.05, 3.63) is 47.0 Å². The van der Waals surface area contributed by atoms with E-state index < -0.39 is 5.91 Å². The number of carbonyl (C=O) groups excluding carboxylic acids is 3. The van der Waals surface area contributed by atoms with E-state index in [1.54, 1.807) is 24.3 Å². The Balaban J connectivity index is 1.39. The Kier molecular flexibility index (Phi) is 2.65. The van der Waals surface area contributed by atoms with Crippen LogP contribution in [0.1, 0.15) is 23.2 Å². The summed E-state index contributed by atoms with van der Waals surface area (Å²) in [5.41, 5.74) is 3.00. The van der Waals surface area contributed by atoms with Gasteiger partial charge < -0.3 is 0 Å². The SMILES string of the molecule is O=C(NN1C(=O)[C@@H]2[C@@H](C1=O)[C@@H]1C=C[C@@H]2C12CC2)c1ccc(Cl)cc1. The van der Waals surface area contributed by atoms with Crippen molar-refractivity contribution in [2.75, 3.05) is 0 Å². The van der Waals surface area contributed by atoms with Crippen molar-refractivity contribution >= 4 is 29.3 Å². The van der Waals surface area contributed by atoms with Gasteiger partial charge in [0.25, 0.3) is 17.7 Å². The molecule has 3 fully saturated rings. The molecule has 0 unspecified atom stereocenters. The molecule has 1 saturated heterocycles. The highest BCUT2D eigenvalue weighted by molar-refractivity contribution is 6.30. The lowest BCUT2D eigenvalue weighted by Gasteiger charge is -2.22. The summed E-state index contributed by atoms with van der Waals surface area (Å²) in [7, 11) is 0. The van der Waals surface area contributed by atoms with Gasteiger partial charge in [-0.3, -0.25) is 19.8 Å². The van der Waals surface area contributed by atoms with E-state index in [0.717, 1.165) is 17.9 Å². The Hall–Kier alpha value is -2.14. The predicted octanol–water partition coefficient (Wildman–Crippen LogP) is 2.18. The number of hydrogen-bond donors (Lipinski definition) is 1. The number of hydrogen-bond acceptors (Lipinski definition) is 3. The molecule has 5 rings (SSSR count). The van der Waals surface area contributed by atoms with Gasteiger partial charge in [0, 0.05) is 10.6 Å². The summed E-state index contributed by atoms with van der Waals surface area (Å²) in [5.74, 6) is -1.32. The lowest BCUT2D eigenvalue weighted by molar-refractivity contribution is -0.144. The molecule has 3 aliphatic carbocycles. The molecule has 1 N–H and O–H groups in total. The van der Waals surface area contributed by atoms with E-state index in [9.17, 15) is 14.4 Å². The van der Waals surface area contributed by atoms with Crippen LogP contribution in [0.3, 0.4) is 0 Å². The van der Waals surface area contributed by atoms with Crippen molar-refractivity contribution in [2.24, 2.45) is 29.1 Å². The third-order valence-corrected chi connectivity index (χ3v) is 6.42. The number of allylic oxidation sites excluding steroid dienone is 2. The molecular weight excluding hydrogens is 328 g/mol. The van der Waals surface area contributed by atoms with Gasteiger partial charge in [0.15, 0.2) is 0 Å². The maximum atomic E-state index is 12.8. The Labute approximate surface area is 143 Å². The van der Waals surface area contributed by atoms with E-state index in [1.807, 2.05) is 0 Å². The average molecular weight is 343 g/mol. The van der Waals surface area contributed by atoms with Gasteiger partial charge in [0.05, 0.1) is 11.8 Å². The van der Waals surface area contributed by atoms with Crippen LogP contribution < -0.4 is 5.43 Å². The van der Waals surface area contributed by atoms with Gasteiger partial charge in [-0.1, -0.05) is 23.8 Å². The first-order valence-corrected chi connectivity index (χ1v) is 8.53. The summed E-state index contributed by atoms with van der Waals surface area (Å²) in [5, 5.41) is 1.46. The quantitative estimate of drug-likeness (QED) is 0.661. The second kappa shape index (κ2) is 4.48. The Morgan fingerprint density at radius 3 is 2.08 bits per heavy atom. The first kappa shape index (κ1) is 14.2. The Bertz CT molecular complexity index is 778. The molecule has 0 radical (unpaired) electrons. The molecule has 1 aromatic rings. The van der Waals surface area contributed by atoms with Crippen LogP contribution in [0.2, 0.25) is 5.02 Å². The number of hydrazine groups is 1. The van der Waals surface area contributed by atoms with E-state index in [1.165, 1.54) is 0 Å². The molecule has 2 saturated carbocycles. The number of fused-ring (bicyclic) bond motifs is 3. The average Bonchev–Trinajstić information content (AvgIpc) is 3.18. The van der Waals surface area contributed by atoms with Gasteiger partial charge in [-0.2, -0.15) is 5.01 Å². The van der Waals surface area contributed by atoms with Crippen LogP contribution in [0.25, 0.3) is 0 Å². The second-order valence-electron chi connectivity index (χ2n) is 7.18. The largest absolute Gasteiger partial charge is 0.272 e. The van der Waals surface area contributed by atoms with Gasteiger partial charge in [-0.05, 0) is 54.4 Å². The van der Waals surface area contributed by atoms with Crippen LogP contribution in [-0.4, -0.2) is 22.7 Å². The van der Waals surface area contributed by atoms with E-state index >= 15 is 0 Å². The topological polar surface area (TPSA) is 66.5 Å². The van der Waals surface area contributed by atoms with Crippen molar-refractivity contribution in [1.82, 2.24) is 10.4 Å². The third kappa shape index (κ3) is 1.63. The fourth-order valence-electron chi connectivity index (χ4n) is 4.96. The third-order valence-electron chi connectivity index (χ3n) is 6.17. The highest BCUT2D eigenvalue weighted by Crippen LogP contribution is 2.73. The molecule has 0 aromatic heterocycles. The molecular formula is C18H15ClN2O3. The fourth-order valence-corrected chi connectivity index (χ4v) is 5.08. The monoisotopic (exact) mass is 342 g/mol. The summed E-state index contributed by atoms with van der Waals surface area (Å²) < 4.78 is 0. The lowest BCUT2D eigenvalue weighted by Crippen LogP contribution is -2.47. The minimum atomic E-state index is -0.477. The normalized spacial score (nSPS) is 34.1. The van der Waals surface area contributed by atoms with Crippen molar-refractivity contribution in [3.63, 3.8) is 0 Å². The molecule has 4 aliphatic rings. The first-order valence-electron chi connectivity index (χ1n) is 8.16. The van der Waals surface area contributed by atoms with Crippen LogP contribution >= 0.6 is 11.6 Å². The summed E-state index contributed by atoms with van der Waals surface area (Å²) in [6.45, 7) is 0. The minimum Gasteiger partial charge on any atom is -0.272 e. The number of rotatable bonds is 2. The van der Waals surface area contributed by atoms with E-state index in [-0.39, 0.29) is 40.9 Å². The van der Waals surface area contributed by atoms with Gasteiger partial charge >= 0.3 is 0 Å². The van der Waals surface area contributed by atoms with E-state index in [2.05, 4.69) is 17.6 Å². The maximum Gasteiger partial charge on any atom is 0.270 e. The van der Waals surface area contributed by atoms with Crippen molar-refractivity contribution in [2.45, 2.75) is 12.8 Å². The molecule has 2 bridgehead atoms. The Morgan fingerprint density at radius 1 is 1.04 bits per heavy atom. The molecule has 1 heterocycles. The van der Waals surface area contributed by atoms with E-state index in [4.69, 9.17) is 11.6 Å². The van der Waals surface area contributed by atoms with Crippen molar-refractivity contribution in [3.8, 4) is 0 Å². The number of carbonyl (C=O) groups is 3. The Morgan fingerprint density at radius 2 is 1.58 bits per heavy atom. The molecule has 122 valence electrons. The number of halogens is 1. The van der Waals surface area contributed by atoms with Gasteiger partial charge in [0.1, 0.15) is 0 Å². The number of imide groups is 1. The molecule has 1 aliphatic heterocycles. The molecule has 3 amide bonds. The number of nitrogens with zero attached hydrogens (tertiary/aromatic N) is 1. The summed E-state index contributed by atoms with van der Waals surface area (Å²) in [6.07, 6.45) is 6.41. The van der Waals surface area contributed by atoms with Gasteiger partial charge in [-0.25, -0.2) is 0 Å². The van der Waals surface area contributed by atoms with Crippen LogP contribution in [0.5, 0.6) is 0 Å². The van der Waals surface area contributed by atoms with Gasteiger partial charge in [0.2, 0.25) is 0 Å². The zero-order chi connectivity index (χ0) is 16.6.